The van der Waals surface area contributed by atoms with Crippen molar-refractivity contribution in [2.24, 2.45) is 0 Å². The Hall–Kier alpha value is -2.59. The van der Waals surface area contributed by atoms with Crippen molar-refractivity contribution in [3.05, 3.63) is 71.5 Å². The van der Waals surface area contributed by atoms with Crippen molar-refractivity contribution < 1.29 is 19.7 Å². The van der Waals surface area contributed by atoms with Crippen molar-refractivity contribution in [1.82, 2.24) is 0 Å². The highest BCUT2D eigenvalue weighted by molar-refractivity contribution is 5.81. The molecular weight excluding hydrogens is 256 g/mol. The van der Waals surface area contributed by atoms with Gasteiger partial charge in [0.2, 0.25) is 5.60 Å². The normalized spacial score (nSPS) is 21.1. The number of aliphatic hydroxyl groups excluding tert-OH is 1. The van der Waals surface area contributed by atoms with Crippen molar-refractivity contribution in [1.29, 1.82) is 0 Å². The van der Waals surface area contributed by atoms with Gasteiger partial charge in [0.05, 0.1) is 0 Å². The third-order valence-electron chi connectivity index (χ3n) is 3.29. The summed E-state index contributed by atoms with van der Waals surface area (Å²) in [6.07, 6.45) is 0.312. The number of carbonyl (C=O) groups excluding carboxylic acids is 1. The average molecular weight is 268 g/mol. The largest absolute Gasteiger partial charge is 0.505 e. The third-order valence-corrected chi connectivity index (χ3v) is 3.29. The summed E-state index contributed by atoms with van der Waals surface area (Å²) in [6, 6.07) is 15.4. The Morgan fingerprint density at radius 3 is 2.35 bits per heavy atom. The van der Waals surface area contributed by atoms with E-state index in [0.717, 1.165) is 0 Å². The number of aldehydes is 1. The lowest BCUT2D eigenvalue weighted by atomic mass is 9.88. The van der Waals surface area contributed by atoms with Crippen LogP contribution in [-0.2, 0) is 10.4 Å². The first kappa shape index (κ1) is 12.4. The van der Waals surface area contributed by atoms with Gasteiger partial charge in [-0.2, -0.15) is 0 Å². The fourth-order valence-corrected chi connectivity index (χ4v) is 2.23. The number of hydrogen-bond donors (Lipinski definition) is 2. The van der Waals surface area contributed by atoms with E-state index in [1.165, 1.54) is 0 Å². The molecule has 20 heavy (non-hydrogen) atoms. The molecule has 4 nitrogen and oxygen atoms in total. The average Bonchev–Trinajstić information content (AvgIpc) is 2.52. The van der Waals surface area contributed by atoms with Gasteiger partial charge in [-0.3, -0.25) is 4.79 Å². The second-order valence-corrected chi connectivity index (χ2v) is 4.53. The fourth-order valence-electron chi connectivity index (χ4n) is 2.23. The van der Waals surface area contributed by atoms with Gasteiger partial charge in [0, 0.05) is 11.1 Å². The highest BCUT2D eigenvalue weighted by Gasteiger charge is 2.43. The topological polar surface area (TPSA) is 66.8 Å². The van der Waals surface area contributed by atoms with E-state index in [9.17, 15) is 15.0 Å². The highest BCUT2D eigenvalue weighted by atomic mass is 16.5. The van der Waals surface area contributed by atoms with E-state index in [0.29, 0.717) is 17.6 Å². The van der Waals surface area contributed by atoms with Gasteiger partial charge in [-0.1, -0.05) is 48.5 Å². The Kier molecular flexibility index (Phi) is 2.80. The molecule has 1 atom stereocenters. The molecule has 0 aromatic heterocycles. The van der Waals surface area contributed by atoms with Crippen molar-refractivity contribution in [3.8, 4) is 5.75 Å². The van der Waals surface area contributed by atoms with Gasteiger partial charge < -0.3 is 14.9 Å². The molecule has 0 fully saturated rings. The summed E-state index contributed by atoms with van der Waals surface area (Å²) < 4.78 is 5.64. The molecule has 1 aliphatic heterocycles. The molecule has 1 heterocycles. The maximum absolute atomic E-state index is 11.3. The molecule has 0 bridgehead atoms. The quantitative estimate of drug-likeness (QED) is 0.821. The summed E-state index contributed by atoms with van der Waals surface area (Å²) in [5, 5.41) is 20.7. The van der Waals surface area contributed by atoms with Crippen LogP contribution < -0.4 is 4.74 Å². The summed E-state index contributed by atoms with van der Waals surface area (Å²) in [6.45, 7) is 0. The first-order valence-electron chi connectivity index (χ1n) is 6.12. The summed E-state index contributed by atoms with van der Waals surface area (Å²) >= 11 is 0. The van der Waals surface area contributed by atoms with Crippen LogP contribution in [0.3, 0.4) is 0 Å². The number of aliphatic hydroxyl groups is 2. The molecule has 0 saturated heterocycles. The van der Waals surface area contributed by atoms with Crippen LogP contribution in [0.5, 0.6) is 5.75 Å². The molecule has 0 radical (unpaired) electrons. The van der Waals surface area contributed by atoms with E-state index < -0.39 is 11.4 Å². The third kappa shape index (κ3) is 1.70. The van der Waals surface area contributed by atoms with E-state index in [1.54, 1.807) is 48.5 Å². The Balaban J connectivity index is 2.23. The minimum absolute atomic E-state index is 0.0823. The lowest BCUT2D eigenvalue weighted by Crippen LogP contribution is -2.35. The molecule has 0 spiro atoms. The van der Waals surface area contributed by atoms with Crippen LogP contribution in [0, 0.1) is 0 Å². The summed E-state index contributed by atoms with van der Waals surface area (Å²) in [7, 11) is 0. The minimum atomic E-state index is -2.08. The summed E-state index contributed by atoms with van der Waals surface area (Å²) in [4.78, 5) is 11.3. The predicted molar refractivity (Wildman–Crippen MR) is 73.0 cm³/mol. The van der Waals surface area contributed by atoms with Gasteiger partial charge in [0.25, 0.3) is 0 Å². The first-order valence-corrected chi connectivity index (χ1v) is 6.12. The molecule has 1 unspecified atom stereocenters. The van der Waals surface area contributed by atoms with Gasteiger partial charge in [-0.25, -0.2) is 0 Å². The molecular formula is C16H12O4. The van der Waals surface area contributed by atoms with Crippen LogP contribution in [0.2, 0.25) is 0 Å². The Morgan fingerprint density at radius 2 is 1.65 bits per heavy atom. The second kappa shape index (κ2) is 4.51. The van der Waals surface area contributed by atoms with Crippen molar-refractivity contribution in [2.45, 2.75) is 5.60 Å². The van der Waals surface area contributed by atoms with Crippen LogP contribution in [0.4, 0.5) is 0 Å². The van der Waals surface area contributed by atoms with E-state index in [-0.39, 0.29) is 11.3 Å². The zero-order chi connectivity index (χ0) is 14.2. The minimum Gasteiger partial charge on any atom is -0.505 e. The second-order valence-electron chi connectivity index (χ2n) is 4.53. The maximum atomic E-state index is 11.3. The number of carbonyl (C=O) groups is 1. The van der Waals surface area contributed by atoms with E-state index in [1.807, 2.05) is 6.07 Å². The van der Waals surface area contributed by atoms with Crippen molar-refractivity contribution >= 4 is 12.0 Å². The molecule has 1 aliphatic rings. The Bertz CT molecular complexity index is 691. The molecule has 2 aromatic rings. The maximum Gasteiger partial charge on any atom is 0.210 e. The van der Waals surface area contributed by atoms with Gasteiger partial charge >= 0.3 is 0 Å². The summed E-state index contributed by atoms with van der Waals surface area (Å²) in [5.41, 5.74) is -1.27. The molecule has 0 saturated carbocycles. The fraction of sp³-hybridized carbons (Fsp3) is 0.0625. The number of benzene rings is 2. The Labute approximate surface area is 115 Å². The van der Waals surface area contributed by atoms with Crippen LogP contribution in [0.25, 0.3) is 5.76 Å². The van der Waals surface area contributed by atoms with E-state index >= 15 is 0 Å². The SMILES string of the molecule is O=CC1(O)C(O)=C(c2ccccc2)Oc2ccccc21. The number of rotatable bonds is 2. The molecule has 2 aromatic carbocycles. The molecule has 100 valence electrons. The molecule has 4 heteroatoms. The van der Waals surface area contributed by atoms with Gasteiger partial charge in [-0.05, 0) is 6.07 Å². The summed E-state index contributed by atoms with van der Waals surface area (Å²) in [5.74, 6) is -0.0740. The zero-order valence-corrected chi connectivity index (χ0v) is 10.5. The molecule has 0 amide bonds. The van der Waals surface area contributed by atoms with Crippen LogP contribution in [0.1, 0.15) is 11.1 Å². The lowest BCUT2D eigenvalue weighted by Gasteiger charge is -2.30. The van der Waals surface area contributed by atoms with Crippen LogP contribution in [0.15, 0.2) is 60.4 Å². The number of ether oxygens (including phenoxy) is 1. The van der Waals surface area contributed by atoms with Crippen LogP contribution >= 0.6 is 0 Å². The van der Waals surface area contributed by atoms with E-state index in [2.05, 4.69) is 0 Å². The van der Waals surface area contributed by atoms with Gasteiger partial charge in [-0.15, -0.1) is 0 Å². The lowest BCUT2D eigenvalue weighted by molar-refractivity contribution is -0.124. The van der Waals surface area contributed by atoms with Gasteiger partial charge in [0.15, 0.2) is 17.8 Å². The number of hydrogen-bond acceptors (Lipinski definition) is 4. The monoisotopic (exact) mass is 268 g/mol. The van der Waals surface area contributed by atoms with Crippen LogP contribution in [-0.4, -0.2) is 16.5 Å². The van der Waals surface area contributed by atoms with Gasteiger partial charge in [0.1, 0.15) is 5.75 Å². The standard InChI is InChI=1S/C16H12O4/c17-10-16(19)12-8-4-5-9-13(12)20-14(15(16)18)11-6-2-1-3-7-11/h1-10,18-19H. The van der Waals surface area contributed by atoms with Crippen molar-refractivity contribution in [3.63, 3.8) is 0 Å². The number of fused-ring (bicyclic) bond motifs is 1. The van der Waals surface area contributed by atoms with E-state index in [4.69, 9.17) is 4.74 Å². The Morgan fingerprint density at radius 1 is 1.00 bits per heavy atom. The molecule has 2 N–H and O–H groups in total. The van der Waals surface area contributed by atoms with Crippen molar-refractivity contribution in [2.75, 3.05) is 0 Å². The number of para-hydroxylation sites is 1. The first-order chi connectivity index (χ1) is 9.66. The molecule has 0 aliphatic carbocycles. The zero-order valence-electron chi connectivity index (χ0n) is 10.5. The smallest absolute Gasteiger partial charge is 0.210 e. The predicted octanol–water partition coefficient (Wildman–Crippen LogP) is 2.39. The molecule has 3 rings (SSSR count). The highest BCUT2D eigenvalue weighted by Crippen LogP contribution is 2.42.